The van der Waals surface area contributed by atoms with E-state index in [1.54, 1.807) is 23.0 Å². The topological polar surface area (TPSA) is 154 Å². The molecule has 1 aromatic carbocycles. The van der Waals surface area contributed by atoms with Gasteiger partial charge in [0.2, 0.25) is 5.95 Å². The summed E-state index contributed by atoms with van der Waals surface area (Å²) in [6, 6.07) is 4.67. The van der Waals surface area contributed by atoms with E-state index < -0.39 is 5.97 Å². The van der Waals surface area contributed by atoms with Gasteiger partial charge in [-0.1, -0.05) is 13.3 Å². The minimum Gasteiger partial charge on any atom is -0.496 e. The number of nitrogens with zero attached hydrogens (tertiary/aromatic N) is 4. The van der Waals surface area contributed by atoms with Crippen molar-refractivity contribution in [1.29, 1.82) is 0 Å². The predicted octanol–water partition coefficient (Wildman–Crippen LogP) is 1.66. The molecule has 1 unspecified atom stereocenters. The maximum absolute atomic E-state index is 11.3. The van der Waals surface area contributed by atoms with Gasteiger partial charge in [0.25, 0.3) is 0 Å². The molecule has 3 rings (SSSR count). The number of methoxy groups -OCH3 is 1. The molecule has 2 heterocycles. The van der Waals surface area contributed by atoms with Crippen LogP contribution in [0.5, 0.6) is 5.75 Å². The summed E-state index contributed by atoms with van der Waals surface area (Å²) < 4.78 is 7.03. The third-order valence-corrected chi connectivity index (χ3v) is 4.28. The van der Waals surface area contributed by atoms with Crippen LogP contribution in [0.4, 0.5) is 11.8 Å². The molecular formula is C18H23N7O3. The normalized spacial score (nSPS) is 12.1. The first-order valence-corrected chi connectivity index (χ1v) is 8.84. The Labute approximate surface area is 161 Å². The highest BCUT2D eigenvalue weighted by Crippen LogP contribution is 2.26. The van der Waals surface area contributed by atoms with Crippen LogP contribution in [-0.4, -0.2) is 44.1 Å². The van der Waals surface area contributed by atoms with E-state index in [2.05, 4.69) is 20.4 Å². The summed E-state index contributed by atoms with van der Waals surface area (Å²) in [5.41, 5.74) is 13.9. The van der Waals surface area contributed by atoms with Gasteiger partial charge >= 0.3 is 5.97 Å². The molecule has 2 aromatic heterocycles. The lowest BCUT2D eigenvalue weighted by Gasteiger charge is -2.16. The second kappa shape index (κ2) is 8.09. The second-order valence-electron chi connectivity index (χ2n) is 6.34. The Balaban J connectivity index is 2.05. The van der Waals surface area contributed by atoms with Gasteiger partial charge < -0.3 is 26.6 Å². The zero-order valence-corrected chi connectivity index (χ0v) is 15.7. The average molecular weight is 385 g/mol. The van der Waals surface area contributed by atoms with E-state index in [1.165, 1.54) is 13.2 Å². The number of benzene rings is 1. The molecule has 0 saturated heterocycles. The van der Waals surface area contributed by atoms with Crippen LogP contribution >= 0.6 is 0 Å². The van der Waals surface area contributed by atoms with Crippen molar-refractivity contribution < 1.29 is 14.6 Å². The fraction of sp³-hybridized carbons (Fsp3) is 0.333. The summed E-state index contributed by atoms with van der Waals surface area (Å²) in [5, 5.41) is 16.8. The van der Waals surface area contributed by atoms with E-state index in [0.717, 1.165) is 12.8 Å². The number of aromatic nitrogens is 4. The quantitative estimate of drug-likeness (QED) is 0.424. The average Bonchev–Trinajstić information content (AvgIpc) is 3.04. The van der Waals surface area contributed by atoms with Gasteiger partial charge in [-0.05, 0) is 24.6 Å². The zero-order valence-electron chi connectivity index (χ0n) is 15.7. The predicted molar refractivity (Wildman–Crippen MR) is 105 cm³/mol. The zero-order chi connectivity index (χ0) is 20.3. The van der Waals surface area contributed by atoms with Gasteiger partial charge in [-0.15, -0.1) is 0 Å². The van der Waals surface area contributed by atoms with E-state index in [-0.39, 0.29) is 24.2 Å². The summed E-state index contributed by atoms with van der Waals surface area (Å²) in [5.74, 6) is 0.137. The van der Waals surface area contributed by atoms with Crippen molar-refractivity contribution >= 4 is 28.8 Å². The summed E-state index contributed by atoms with van der Waals surface area (Å²) in [6.07, 6.45) is 2.96. The molecule has 0 saturated carbocycles. The van der Waals surface area contributed by atoms with Crippen LogP contribution < -0.4 is 21.5 Å². The van der Waals surface area contributed by atoms with Crippen molar-refractivity contribution in [2.24, 2.45) is 5.73 Å². The number of carboxylic acids is 1. The van der Waals surface area contributed by atoms with Crippen LogP contribution in [0.2, 0.25) is 0 Å². The Kier molecular flexibility index (Phi) is 5.59. The lowest BCUT2D eigenvalue weighted by molar-refractivity contribution is 0.0696. The van der Waals surface area contributed by atoms with Crippen LogP contribution in [-0.2, 0) is 6.54 Å². The molecule has 0 spiro atoms. The number of aromatic carboxylic acids is 1. The Morgan fingerprint density at radius 1 is 1.39 bits per heavy atom. The van der Waals surface area contributed by atoms with Crippen molar-refractivity contribution in [3.05, 3.63) is 35.5 Å². The second-order valence-corrected chi connectivity index (χ2v) is 6.34. The van der Waals surface area contributed by atoms with Crippen molar-refractivity contribution in [3.63, 3.8) is 0 Å². The summed E-state index contributed by atoms with van der Waals surface area (Å²) >= 11 is 0. The Hall–Kier alpha value is -3.40. The summed E-state index contributed by atoms with van der Waals surface area (Å²) in [4.78, 5) is 19.8. The summed E-state index contributed by atoms with van der Waals surface area (Å²) in [7, 11) is 1.53. The number of hydrogen-bond donors (Lipinski definition) is 4. The van der Waals surface area contributed by atoms with Crippen LogP contribution in [0, 0.1) is 0 Å². The number of nitrogens with two attached hydrogens (primary N) is 2. The fourth-order valence-corrected chi connectivity index (χ4v) is 2.99. The first-order chi connectivity index (χ1) is 13.4. The van der Waals surface area contributed by atoms with Crippen LogP contribution in [0.3, 0.4) is 0 Å². The number of fused-ring (bicyclic) bond motifs is 1. The molecular weight excluding hydrogens is 362 g/mol. The standard InChI is InChI=1S/C18H23N7O3/c1-3-4-14(19)23-16-15-12(22-18(20)24-16)8-21-25(15)9-11-7-10(17(26)27)5-6-13(11)28-2/h5-8,14H,3-4,9,19H2,1-2H3,(H,26,27)(H3,20,22,23,24). The van der Waals surface area contributed by atoms with Crippen molar-refractivity contribution in [1.82, 2.24) is 19.7 Å². The Morgan fingerprint density at radius 2 is 2.18 bits per heavy atom. The molecule has 3 aromatic rings. The molecule has 0 radical (unpaired) electrons. The molecule has 0 amide bonds. The first-order valence-electron chi connectivity index (χ1n) is 8.84. The molecule has 10 heteroatoms. The van der Waals surface area contributed by atoms with Crippen molar-refractivity contribution in [2.45, 2.75) is 32.5 Å². The molecule has 6 N–H and O–H groups in total. The highest BCUT2D eigenvalue weighted by Gasteiger charge is 2.17. The fourth-order valence-electron chi connectivity index (χ4n) is 2.99. The van der Waals surface area contributed by atoms with Gasteiger partial charge in [-0.2, -0.15) is 10.1 Å². The number of ether oxygens (including phenoxy) is 1. The third kappa shape index (κ3) is 3.96. The van der Waals surface area contributed by atoms with Gasteiger partial charge in [-0.25, -0.2) is 9.78 Å². The van der Waals surface area contributed by atoms with E-state index >= 15 is 0 Å². The molecule has 28 heavy (non-hydrogen) atoms. The number of carboxylic acid groups (broad SMARTS) is 1. The van der Waals surface area contributed by atoms with E-state index in [1.807, 2.05) is 6.92 Å². The van der Waals surface area contributed by atoms with E-state index in [9.17, 15) is 9.90 Å². The number of carbonyl (C=O) groups is 1. The SMILES string of the molecule is CCCC(N)Nc1nc(N)nc2cnn(Cc3cc(C(=O)O)ccc3OC)c12. The molecule has 0 aliphatic carbocycles. The van der Waals surface area contributed by atoms with E-state index in [0.29, 0.717) is 28.2 Å². The largest absolute Gasteiger partial charge is 0.496 e. The Bertz CT molecular complexity index is 1000. The van der Waals surface area contributed by atoms with Gasteiger partial charge in [0.05, 0.1) is 31.6 Å². The molecule has 0 fully saturated rings. The maximum Gasteiger partial charge on any atom is 0.335 e. The Morgan fingerprint density at radius 3 is 2.86 bits per heavy atom. The maximum atomic E-state index is 11.3. The summed E-state index contributed by atoms with van der Waals surface area (Å²) in [6.45, 7) is 2.30. The highest BCUT2D eigenvalue weighted by atomic mass is 16.5. The lowest BCUT2D eigenvalue weighted by Crippen LogP contribution is -2.30. The lowest BCUT2D eigenvalue weighted by atomic mass is 10.1. The minimum absolute atomic E-state index is 0.115. The smallest absolute Gasteiger partial charge is 0.335 e. The van der Waals surface area contributed by atoms with Crippen molar-refractivity contribution in [3.8, 4) is 5.75 Å². The van der Waals surface area contributed by atoms with Gasteiger partial charge in [0.15, 0.2) is 5.82 Å². The highest BCUT2D eigenvalue weighted by molar-refractivity contribution is 5.88. The molecule has 1 atom stereocenters. The third-order valence-electron chi connectivity index (χ3n) is 4.28. The van der Waals surface area contributed by atoms with Crippen molar-refractivity contribution in [2.75, 3.05) is 18.2 Å². The molecule has 0 aliphatic heterocycles. The molecule has 148 valence electrons. The van der Waals surface area contributed by atoms with Crippen LogP contribution in [0.15, 0.2) is 24.4 Å². The van der Waals surface area contributed by atoms with Gasteiger partial charge in [0, 0.05) is 5.56 Å². The van der Waals surface area contributed by atoms with Crippen LogP contribution in [0.25, 0.3) is 11.0 Å². The molecule has 10 nitrogen and oxygen atoms in total. The monoisotopic (exact) mass is 385 g/mol. The minimum atomic E-state index is -1.02. The number of hydrogen-bond acceptors (Lipinski definition) is 8. The molecule has 0 bridgehead atoms. The van der Waals surface area contributed by atoms with Gasteiger partial charge in [0.1, 0.15) is 16.8 Å². The number of nitrogens with one attached hydrogen (secondary N) is 1. The molecule has 0 aliphatic rings. The van der Waals surface area contributed by atoms with Gasteiger partial charge in [-0.3, -0.25) is 4.68 Å². The number of rotatable bonds is 8. The van der Waals surface area contributed by atoms with E-state index in [4.69, 9.17) is 16.2 Å². The first kappa shape index (κ1) is 19.4. The van der Waals surface area contributed by atoms with Crippen LogP contribution in [0.1, 0.15) is 35.7 Å². The number of nitrogen functional groups attached to an aromatic ring is 1. The number of anilines is 2.